The molecular weight excluding hydrogens is 268 g/mol. The standard InChI is InChI=1S/C15H22N4O2/c1-11-4-10-21-13(11)15(20)19-8-6-18(7-9-19)14-12(16)3-2-5-17-14/h2-3,5,11,13H,4,6-10,16H2,1H3. The van der Waals surface area contributed by atoms with Gasteiger partial charge < -0.3 is 20.3 Å². The molecule has 2 N–H and O–H groups in total. The molecule has 6 heteroatoms. The van der Waals surface area contributed by atoms with Gasteiger partial charge in [-0.3, -0.25) is 4.79 Å². The fraction of sp³-hybridized carbons (Fsp3) is 0.600. The quantitative estimate of drug-likeness (QED) is 0.869. The largest absolute Gasteiger partial charge is 0.396 e. The van der Waals surface area contributed by atoms with E-state index in [0.717, 1.165) is 25.3 Å². The normalized spacial score (nSPS) is 26.1. The highest BCUT2D eigenvalue weighted by Gasteiger charge is 2.35. The molecule has 21 heavy (non-hydrogen) atoms. The summed E-state index contributed by atoms with van der Waals surface area (Å²) in [6, 6.07) is 3.69. The Morgan fingerprint density at radius 3 is 2.76 bits per heavy atom. The zero-order valence-electron chi connectivity index (χ0n) is 12.4. The fourth-order valence-electron chi connectivity index (χ4n) is 3.00. The van der Waals surface area contributed by atoms with Crippen LogP contribution in [0.3, 0.4) is 0 Å². The SMILES string of the molecule is CC1CCOC1C(=O)N1CCN(c2ncccc2N)CC1. The molecule has 2 atom stereocenters. The van der Waals surface area contributed by atoms with Gasteiger partial charge in [-0.1, -0.05) is 6.92 Å². The number of hydrogen-bond acceptors (Lipinski definition) is 5. The fourth-order valence-corrected chi connectivity index (χ4v) is 3.00. The van der Waals surface area contributed by atoms with Crippen molar-refractivity contribution < 1.29 is 9.53 Å². The first-order chi connectivity index (χ1) is 10.2. The minimum absolute atomic E-state index is 0.133. The smallest absolute Gasteiger partial charge is 0.252 e. The van der Waals surface area contributed by atoms with Crippen LogP contribution in [0.1, 0.15) is 13.3 Å². The van der Waals surface area contributed by atoms with Gasteiger partial charge in [-0.15, -0.1) is 0 Å². The Balaban J connectivity index is 1.60. The van der Waals surface area contributed by atoms with Crippen LogP contribution in [0, 0.1) is 5.92 Å². The molecule has 3 heterocycles. The molecule has 0 aromatic carbocycles. The number of amides is 1. The minimum Gasteiger partial charge on any atom is -0.396 e. The minimum atomic E-state index is -0.253. The van der Waals surface area contributed by atoms with Gasteiger partial charge in [0.1, 0.15) is 6.10 Å². The van der Waals surface area contributed by atoms with Crippen LogP contribution in [-0.4, -0.2) is 54.7 Å². The maximum atomic E-state index is 12.5. The highest BCUT2D eigenvalue weighted by atomic mass is 16.5. The van der Waals surface area contributed by atoms with E-state index in [1.807, 2.05) is 17.0 Å². The molecule has 114 valence electrons. The van der Waals surface area contributed by atoms with E-state index in [2.05, 4.69) is 16.8 Å². The van der Waals surface area contributed by atoms with Crippen molar-refractivity contribution in [2.75, 3.05) is 43.4 Å². The molecule has 1 aromatic heterocycles. The van der Waals surface area contributed by atoms with E-state index in [9.17, 15) is 4.79 Å². The van der Waals surface area contributed by atoms with Crippen molar-refractivity contribution in [1.29, 1.82) is 0 Å². The molecule has 3 rings (SSSR count). The highest BCUT2D eigenvalue weighted by molar-refractivity contribution is 5.82. The molecule has 2 fully saturated rings. The molecule has 0 aliphatic carbocycles. The summed E-state index contributed by atoms with van der Waals surface area (Å²) in [4.78, 5) is 20.8. The van der Waals surface area contributed by atoms with E-state index in [1.165, 1.54) is 0 Å². The summed E-state index contributed by atoms with van der Waals surface area (Å²) in [6.07, 6.45) is 2.47. The summed E-state index contributed by atoms with van der Waals surface area (Å²) < 4.78 is 5.57. The van der Waals surface area contributed by atoms with Gasteiger partial charge >= 0.3 is 0 Å². The van der Waals surface area contributed by atoms with Crippen LogP contribution >= 0.6 is 0 Å². The summed E-state index contributed by atoms with van der Waals surface area (Å²) in [5.74, 6) is 1.27. The molecule has 1 aromatic rings. The molecule has 2 aliphatic rings. The second-order valence-corrected chi connectivity index (χ2v) is 5.79. The molecule has 0 saturated carbocycles. The van der Waals surface area contributed by atoms with E-state index in [4.69, 9.17) is 10.5 Å². The third kappa shape index (κ3) is 2.81. The Morgan fingerprint density at radius 1 is 1.38 bits per heavy atom. The van der Waals surface area contributed by atoms with Crippen molar-refractivity contribution >= 4 is 17.4 Å². The van der Waals surface area contributed by atoms with Gasteiger partial charge in [0, 0.05) is 39.0 Å². The van der Waals surface area contributed by atoms with Crippen LogP contribution in [0.15, 0.2) is 18.3 Å². The molecule has 0 spiro atoms. The Labute approximate surface area is 124 Å². The second kappa shape index (κ2) is 5.89. The molecule has 0 bridgehead atoms. The van der Waals surface area contributed by atoms with Crippen LogP contribution in [0.5, 0.6) is 0 Å². The summed E-state index contributed by atoms with van der Waals surface area (Å²) >= 11 is 0. The molecule has 2 saturated heterocycles. The second-order valence-electron chi connectivity index (χ2n) is 5.79. The Hall–Kier alpha value is -1.82. The first kappa shape index (κ1) is 14.1. The maximum absolute atomic E-state index is 12.5. The summed E-state index contributed by atoms with van der Waals surface area (Å²) in [5, 5.41) is 0. The molecular formula is C15H22N4O2. The lowest BCUT2D eigenvalue weighted by Gasteiger charge is -2.37. The average molecular weight is 290 g/mol. The van der Waals surface area contributed by atoms with Gasteiger partial charge in [0.2, 0.25) is 0 Å². The van der Waals surface area contributed by atoms with E-state index in [-0.39, 0.29) is 12.0 Å². The van der Waals surface area contributed by atoms with Crippen LogP contribution < -0.4 is 10.6 Å². The third-order valence-electron chi connectivity index (χ3n) is 4.34. The number of nitrogen functional groups attached to an aromatic ring is 1. The number of nitrogens with two attached hydrogens (primary N) is 1. The monoisotopic (exact) mass is 290 g/mol. The molecule has 2 aliphatic heterocycles. The van der Waals surface area contributed by atoms with E-state index in [1.54, 1.807) is 6.20 Å². The lowest BCUT2D eigenvalue weighted by atomic mass is 10.0. The third-order valence-corrected chi connectivity index (χ3v) is 4.34. The highest BCUT2D eigenvalue weighted by Crippen LogP contribution is 2.24. The van der Waals surface area contributed by atoms with Gasteiger partial charge in [0.25, 0.3) is 5.91 Å². The number of nitrogens with zero attached hydrogens (tertiary/aromatic N) is 3. The number of carbonyl (C=O) groups is 1. The van der Waals surface area contributed by atoms with Crippen molar-refractivity contribution in [2.45, 2.75) is 19.4 Å². The zero-order valence-corrected chi connectivity index (χ0v) is 12.4. The topological polar surface area (TPSA) is 71.7 Å². The van der Waals surface area contributed by atoms with Gasteiger partial charge in [-0.25, -0.2) is 4.98 Å². The van der Waals surface area contributed by atoms with E-state index < -0.39 is 0 Å². The number of piperazine rings is 1. The van der Waals surface area contributed by atoms with Crippen LogP contribution in [0.4, 0.5) is 11.5 Å². The van der Waals surface area contributed by atoms with Crippen molar-refractivity contribution in [3.63, 3.8) is 0 Å². The first-order valence-electron chi connectivity index (χ1n) is 7.52. The summed E-state index contributed by atoms with van der Waals surface area (Å²) in [5.41, 5.74) is 6.64. The first-order valence-corrected chi connectivity index (χ1v) is 7.52. The van der Waals surface area contributed by atoms with Crippen LogP contribution in [0.2, 0.25) is 0 Å². The molecule has 1 amide bonds. The maximum Gasteiger partial charge on any atom is 0.252 e. The summed E-state index contributed by atoms with van der Waals surface area (Å²) in [6.45, 7) is 5.69. The summed E-state index contributed by atoms with van der Waals surface area (Å²) in [7, 11) is 0. The number of pyridine rings is 1. The number of anilines is 2. The predicted octanol–water partition coefficient (Wildman–Crippen LogP) is 0.737. The van der Waals surface area contributed by atoms with Crippen LogP contribution in [-0.2, 0) is 9.53 Å². The van der Waals surface area contributed by atoms with Crippen molar-refractivity contribution in [3.05, 3.63) is 18.3 Å². The lowest BCUT2D eigenvalue weighted by Crippen LogP contribution is -2.52. The number of hydrogen-bond donors (Lipinski definition) is 1. The Morgan fingerprint density at radius 2 is 2.14 bits per heavy atom. The number of ether oxygens (including phenoxy) is 1. The van der Waals surface area contributed by atoms with Gasteiger partial charge in [0.15, 0.2) is 5.82 Å². The number of carbonyl (C=O) groups excluding carboxylic acids is 1. The van der Waals surface area contributed by atoms with Crippen molar-refractivity contribution in [3.8, 4) is 0 Å². The molecule has 0 radical (unpaired) electrons. The Bertz CT molecular complexity index is 514. The molecule has 6 nitrogen and oxygen atoms in total. The number of aromatic nitrogens is 1. The van der Waals surface area contributed by atoms with Crippen LogP contribution in [0.25, 0.3) is 0 Å². The van der Waals surface area contributed by atoms with Crippen molar-refractivity contribution in [2.24, 2.45) is 5.92 Å². The average Bonchev–Trinajstić information content (AvgIpc) is 2.93. The van der Waals surface area contributed by atoms with Gasteiger partial charge in [0.05, 0.1) is 5.69 Å². The van der Waals surface area contributed by atoms with Crippen molar-refractivity contribution in [1.82, 2.24) is 9.88 Å². The van der Waals surface area contributed by atoms with E-state index >= 15 is 0 Å². The van der Waals surface area contributed by atoms with Gasteiger partial charge in [-0.2, -0.15) is 0 Å². The molecule has 2 unspecified atom stereocenters. The van der Waals surface area contributed by atoms with E-state index in [0.29, 0.717) is 31.3 Å². The lowest BCUT2D eigenvalue weighted by molar-refractivity contribution is -0.142. The zero-order chi connectivity index (χ0) is 14.8. The predicted molar refractivity (Wildman–Crippen MR) is 81.0 cm³/mol. The Kier molecular flexibility index (Phi) is 3.96. The number of rotatable bonds is 2. The van der Waals surface area contributed by atoms with Gasteiger partial charge in [-0.05, 0) is 24.5 Å².